The maximum atomic E-state index is 11.9. The Labute approximate surface area is 146 Å². The van der Waals surface area contributed by atoms with Crippen LogP contribution in [0.5, 0.6) is 5.75 Å². The number of carbonyl (C=O) groups excluding carboxylic acids is 1. The van der Waals surface area contributed by atoms with Crippen LogP contribution in [0.3, 0.4) is 0 Å². The fourth-order valence-electron chi connectivity index (χ4n) is 2.79. The van der Waals surface area contributed by atoms with Crippen molar-refractivity contribution in [1.29, 1.82) is 0 Å². The molecule has 6 heteroatoms. The topological polar surface area (TPSA) is 50.4 Å². The maximum Gasteiger partial charge on any atom is 0.258 e. The van der Waals surface area contributed by atoms with Crippen molar-refractivity contribution in [3.63, 3.8) is 0 Å². The summed E-state index contributed by atoms with van der Waals surface area (Å²) in [6.45, 7) is 2.05. The predicted molar refractivity (Wildman–Crippen MR) is 98.2 cm³/mol. The van der Waals surface area contributed by atoms with Gasteiger partial charge in [-0.15, -0.1) is 23.5 Å². The molecule has 2 fully saturated rings. The van der Waals surface area contributed by atoms with Gasteiger partial charge in [-0.2, -0.15) is 0 Å². The molecule has 23 heavy (non-hydrogen) atoms. The molecule has 0 atom stereocenters. The zero-order valence-electron chi connectivity index (χ0n) is 13.3. The number of hydrogen-bond donors (Lipinski definition) is 2. The number of nitrogens with one attached hydrogen (secondary N) is 2. The second kappa shape index (κ2) is 8.85. The first-order chi connectivity index (χ1) is 11.3. The molecule has 0 radical (unpaired) electrons. The molecule has 0 spiro atoms. The second-order valence-electron chi connectivity index (χ2n) is 5.88. The van der Waals surface area contributed by atoms with Crippen molar-refractivity contribution in [3.8, 4) is 5.75 Å². The summed E-state index contributed by atoms with van der Waals surface area (Å²) in [5.41, 5.74) is 1.34. The lowest BCUT2D eigenvalue weighted by molar-refractivity contribution is -0.123. The quantitative estimate of drug-likeness (QED) is 0.853. The van der Waals surface area contributed by atoms with E-state index in [1.54, 1.807) is 0 Å². The Kier molecular flexibility index (Phi) is 6.54. The van der Waals surface area contributed by atoms with Crippen LogP contribution < -0.4 is 15.4 Å². The molecule has 0 aromatic heterocycles. The molecule has 1 aromatic rings. The number of hydrogen-bond acceptors (Lipinski definition) is 5. The normalized spacial score (nSPS) is 20.2. The highest BCUT2D eigenvalue weighted by molar-refractivity contribution is 8.16. The smallest absolute Gasteiger partial charge is 0.258 e. The van der Waals surface area contributed by atoms with E-state index >= 15 is 0 Å². The highest BCUT2D eigenvalue weighted by atomic mass is 32.2. The van der Waals surface area contributed by atoms with Gasteiger partial charge in [0.2, 0.25) is 0 Å². The molecule has 4 nitrogen and oxygen atoms in total. The molecule has 2 aliphatic rings. The van der Waals surface area contributed by atoms with E-state index in [1.807, 2.05) is 35.7 Å². The zero-order valence-corrected chi connectivity index (χ0v) is 14.9. The average molecular weight is 353 g/mol. The molecule has 0 aliphatic carbocycles. The van der Waals surface area contributed by atoms with Gasteiger partial charge in [0.15, 0.2) is 6.61 Å². The fourth-order valence-corrected chi connectivity index (χ4v) is 5.68. The van der Waals surface area contributed by atoms with Crippen molar-refractivity contribution in [2.45, 2.75) is 29.9 Å². The van der Waals surface area contributed by atoms with E-state index < -0.39 is 0 Å². The molecular weight excluding hydrogens is 328 g/mol. The first-order valence-corrected chi connectivity index (χ1v) is 10.4. The molecule has 1 aromatic carbocycles. The van der Waals surface area contributed by atoms with Gasteiger partial charge in [0, 0.05) is 6.04 Å². The van der Waals surface area contributed by atoms with E-state index in [2.05, 4.69) is 22.8 Å². The second-order valence-corrected chi connectivity index (χ2v) is 8.60. The van der Waals surface area contributed by atoms with Crippen LogP contribution in [0.25, 0.3) is 0 Å². The van der Waals surface area contributed by atoms with Crippen LogP contribution in [-0.4, -0.2) is 43.2 Å². The molecule has 126 valence electrons. The average Bonchev–Trinajstić information content (AvgIpc) is 2.62. The van der Waals surface area contributed by atoms with Gasteiger partial charge in [0.1, 0.15) is 5.75 Å². The van der Waals surface area contributed by atoms with E-state index in [0.717, 1.165) is 31.7 Å². The number of amides is 1. The Hall–Kier alpha value is -0.850. The van der Waals surface area contributed by atoms with E-state index in [1.165, 1.54) is 23.5 Å². The third-order valence-electron chi connectivity index (χ3n) is 4.05. The zero-order chi connectivity index (χ0) is 15.9. The maximum absolute atomic E-state index is 11.9. The lowest BCUT2D eigenvalue weighted by Gasteiger charge is -2.23. The van der Waals surface area contributed by atoms with Gasteiger partial charge in [-0.3, -0.25) is 4.79 Å². The van der Waals surface area contributed by atoms with Crippen molar-refractivity contribution in [1.82, 2.24) is 10.6 Å². The summed E-state index contributed by atoms with van der Waals surface area (Å²) in [6.07, 6.45) is 3.30. The van der Waals surface area contributed by atoms with E-state index in [4.69, 9.17) is 4.74 Å². The van der Waals surface area contributed by atoms with Gasteiger partial charge < -0.3 is 15.4 Å². The van der Waals surface area contributed by atoms with Gasteiger partial charge in [-0.05, 0) is 61.6 Å². The molecule has 1 amide bonds. The number of piperidine rings is 1. The molecule has 3 rings (SSSR count). The largest absolute Gasteiger partial charge is 0.484 e. The van der Waals surface area contributed by atoms with E-state index in [9.17, 15) is 4.79 Å². The van der Waals surface area contributed by atoms with Crippen LogP contribution in [0, 0.1) is 0 Å². The van der Waals surface area contributed by atoms with Crippen molar-refractivity contribution < 1.29 is 9.53 Å². The monoisotopic (exact) mass is 352 g/mol. The van der Waals surface area contributed by atoms with Crippen LogP contribution >= 0.6 is 23.5 Å². The number of rotatable bonds is 5. The molecule has 0 saturated carbocycles. The van der Waals surface area contributed by atoms with Crippen LogP contribution in [-0.2, 0) is 4.79 Å². The Morgan fingerprint density at radius 3 is 2.57 bits per heavy atom. The fraction of sp³-hybridized carbons (Fsp3) is 0.588. The minimum absolute atomic E-state index is 0.0284. The van der Waals surface area contributed by atoms with Crippen molar-refractivity contribution in [3.05, 3.63) is 29.8 Å². The van der Waals surface area contributed by atoms with Crippen molar-refractivity contribution in [2.24, 2.45) is 0 Å². The molecule has 2 N–H and O–H groups in total. The third kappa shape index (κ3) is 5.33. The van der Waals surface area contributed by atoms with Gasteiger partial charge >= 0.3 is 0 Å². The lowest BCUT2D eigenvalue weighted by atomic mass is 10.1. The van der Waals surface area contributed by atoms with Crippen LogP contribution in [0.15, 0.2) is 24.3 Å². The number of benzene rings is 1. The van der Waals surface area contributed by atoms with Gasteiger partial charge in [-0.1, -0.05) is 12.1 Å². The van der Waals surface area contributed by atoms with Gasteiger partial charge in [0.25, 0.3) is 5.91 Å². The first-order valence-electron chi connectivity index (χ1n) is 8.27. The highest BCUT2D eigenvalue weighted by Gasteiger charge is 2.17. The Morgan fingerprint density at radius 1 is 1.17 bits per heavy atom. The molecule has 2 aliphatic heterocycles. The summed E-state index contributed by atoms with van der Waals surface area (Å²) in [6, 6.07) is 8.48. The van der Waals surface area contributed by atoms with Gasteiger partial charge in [-0.25, -0.2) is 0 Å². The number of carbonyl (C=O) groups is 1. The molecule has 0 unspecified atom stereocenters. The Bertz CT molecular complexity index is 498. The molecular formula is C17H24N2O2S2. The highest BCUT2D eigenvalue weighted by Crippen LogP contribution is 2.43. The van der Waals surface area contributed by atoms with Crippen LogP contribution in [0.1, 0.15) is 29.4 Å². The minimum Gasteiger partial charge on any atom is -0.484 e. The summed E-state index contributed by atoms with van der Waals surface area (Å²) < 4.78 is 6.15. The first kappa shape index (κ1) is 17.0. The molecule has 0 bridgehead atoms. The van der Waals surface area contributed by atoms with Crippen molar-refractivity contribution >= 4 is 29.4 Å². The van der Waals surface area contributed by atoms with E-state index in [-0.39, 0.29) is 18.6 Å². The van der Waals surface area contributed by atoms with Crippen molar-refractivity contribution in [2.75, 3.05) is 31.2 Å². The lowest BCUT2D eigenvalue weighted by Crippen LogP contribution is -2.44. The van der Waals surface area contributed by atoms with E-state index in [0.29, 0.717) is 4.58 Å². The minimum atomic E-state index is -0.0284. The van der Waals surface area contributed by atoms with Crippen LogP contribution in [0.4, 0.5) is 0 Å². The summed E-state index contributed by atoms with van der Waals surface area (Å²) in [5.74, 6) is 3.22. The molecule has 2 heterocycles. The van der Waals surface area contributed by atoms with Gasteiger partial charge in [0.05, 0.1) is 4.58 Å². The predicted octanol–water partition coefficient (Wildman–Crippen LogP) is 2.80. The number of thioether (sulfide) groups is 2. The Balaban J connectivity index is 1.43. The number of ether oxygens (including phenoxy) is 1. The SMILES string of the molecule is O=C(COc1ccc(C2SCCCS2)cc1)NC1CCNCC1. The standard InChI is InChI=1S/C17H24N2O2S2/c20-16(19-14-6-8-18-9-7-14)12-21-15-4-2-13(3-5-15)17-22-10-1-11-23-17/h2-5,14,17-18H,1,6-12H2,(H,19,20). The summed E-state index contributed by atoms with van der Waals surface area (Å²) in [7, 11) is 0. The Morgan fingerprint density at radius 2 is 1.87 bits per heavy atom. The van der Waals surface area contributed by atoms with Crippen LogP contribution in [0.2, 0.25) is 0 Å². The third-order valence-corrected chi connectivity index (χ3v) is 7.07. The summed E-state index contributed by atoms with van der Waals surface area (Å²) in [5, 5.41) is 6.33. The summed E-state index contributed by atoms with van der Waals surface area (Å²) >= 11 is 4.03. The molecule has 2 saturated heterocycles. The summed E-state index contributed by atoms with van der Waals surface area (Å²) in [4.78, 5) is 11.9.